The van der Waals surface area contributed by atoms with Crippen LogP contribution in [-0.2, 0) is 14.3 Å². The lowest BCUT2D eigenvalue weighted by Crippen LogP contribution is -2.39. The van der Waals surface area contributed by atoms with Gasteiger partial charge in [0.15, 0.2) is 0 Å². The van der Waals surface area contributed by atoms with Gasteiger partial charge < -0.3 is 14.8 Å². The number of nitrogens with one attached hydrogen (secondary N) is 1. The first-order valence-corrected chi connectivity index (χ1v) is 6.37. The Hall–Kier alpha value is -1.26. The van der Waals surface area contributed by atoms with Gasteiger partial charge in [0.1, 0.15) is 5.60 Å². The summed E-state index contributed by atoms with van der Waals surface area (Å²) in [6.07, 6.45) is 1.91. The lowest BCUT2D eigenvalue weighted by molar-refractivity contribution is -0.141. The van der Waals surface area contributed by atoms with Gasteiger partial charge in [-0.2, -0.15) is 0 Å². The molecule has 0 aromatic carbocycles. The third-order valence-corrected chi connectivity index (χ3v) is 2.22. The number of carbonyl (C=O) groups excluding carboxylic acids is 2. The summed E-state index contributed by atoms with van der Waals surface area (Å²) in [6, 6.07) is 0.0513. The summed E-state index contributed by atoms with van der Waals surface area (Å²) in [5.41, 5.74) is -0.486. The standard InChI is InChI=1S/C13H25NO4/c1-6-11(8-7-9-17-10(2)15)14-12(16)18-13(3,4)5/h11H,6-9H2,1-5H3,(H,14,16). The van der Waals surface area contributed by atoms with Gasteiger partial charge in [-0.1, -0.05) is 6.92 Å². The van der Waals surface area contributed by atoms with E-state index < -0.39 is 11.7 Å². The van der Waals surface area contributed by atoms with Gasteiger partial charge in [0.05, 0.1) is 6.61 Å². The van der Waals surface area contributed by atoms with Crippen molar-refractivity contribution in [2.75, 3.05) is 6.61 Å². The molecule has 0 heterocycles. The van der Waals surface area contributed by atoms with E-state index in [0.717, 1.165) is 19.3 Å². The molecule has 0 rings (SSSR count). The summed E-state index contributed by atoms with van der Waals surface area (Å²) in [5.74, 6) is -0.275. The summed E-state index contributed by atoms with van der Waals surface area (Å²) in [7, 11) is 0. The maximum absolute atomic E-state index is 11.6. The molecule has 18 heavy (non-hydrogen) atoms. The SMILES string of the molecule is CCC(CCCOC(C)=O)NC(=O)OC(C)(C)C. The Morgan fingerprint density at radius 1 is 1.28 bits per heavy atom. The van der Waals surface area contributed by atoms with Crippen molar-refractivity contribution in [1.29, 1.82) is 0 Å². The van der Waals surface area contributed by atoms with Crippen LogP contribution in [0.25, 0.3) is 0 Å². The van der Waals surface area contributed by atoms with E-state index in [1.54, 1.807) is 0 Å². The average Bonchev–Trinajstić information content (AvgIpc) is 2.19. The fourth-order valence-corrected chi connectivity index (χ4v) is 1.40. The first kappa shape index (κ1) is 16.7. The molecule has 0 bridgehead atoms. The van der Waals surface area contributed by atoms with Crippen molar-refractivity contribution in [2.24, 2.45) is 0 Å². The highest BCUT2D eigenvalue weighted by Gasteiger charge is 2.18. The molecule has 1 amide bonds. The van der Waals surface area contributed by atoms with E-state index in [0.29, 0.717) is 6.61 Å². The molecule has 0 aliphatic rings. The molecule has 1 N–H and O–H groups in total. The van der Waals surface area contributed by atoms with Crippen molar-refractivity contribution in [2.45, 2.75) is 65.5 Å². The van der Waals surface area contributed by atoms with Crippen LogP contribution >= 0.6 is 0 Å². The smallest absolute Gasteiger partial charge is 0.407 e. The molecule has 0 aromatic rings. The molecule has 0 radical (unpaired) electrons. The summed E-state index contributed by atoms with van der Waals surface area (Å²) < 4.78 is 10.0. The van der Waals surface area contributed by atoms with Gasteiger partial charge in [-0.05, 0) is 40.0 Å². The minimum absolute atomic E-state index is 0.0513. The Labute approximate surface area is 109 Å². The van der Waals surface area contributed by atoms with Crippen molar-refractivity contribution < 1.29 is 19.1 Å². The Kier molecular flexibility index (Phi) is 7.39. The molecular formula is C13H25NO4. The highest BCUT2D eigenvalue weighted by Crippen LogP contribution is 2.08. The molecule has 1 atom stereocenters. The predicted molar refractivity (Wildman–Crippen MR) is 69.3 cm³/mol. The fourth-order valence-electron chi connectivity index (χ4n) is 1.40. The van der Waals surface area contributed by atoms with Crippen molar-refractivity contribution >= 4 is 12.1 Å². The molecule has 0 saturated carbocycles. The van der Waals surface area contributed by atoms with Crippen LogP contribution in [0.4, 0.5) is 4.79 Å². The Morgan fingerprint density at radius 2 is 1.89 bits per heavy atom. The second kappa shape index (κ2) is 7.95. The Morgan fingerprint density at radius 3 is 2.33 bits per heavy atom. The average molecular weight is 259 g/mol. The van der Waals surface area contributed by atoms with Gasteiger partial charge in [0.25, 0.3) is 0 Å². The number of ether oxygens (including phenoxy) is 2. The van der Waals surface area contributed by atoms with Gasteiger partial charge in [0.2, 0.25) is 0 Å². The minimum Gasteiger partial charge on any atom is -0.466 e. The highest BCUT2D eigenvalue weighted by atomic mass is 16.6. The van der Waals surface area contributed by atoms with Crippen LogP contribution in [0.2, 0.25) is 0 Å². The summed E-state index contributed by atoms with van der Waals surface area (Å²) >= 11 is 0. The van der Waals surface area contributed by atoms with Crippen LogP contribution < -0.4 is 5.32 Å². The van der Waals surface area contributed by atoms with Crippen molar-refractivity contribution in [3.8, 4) is 0 Å². The van der Waals surface area contributed by atoms with Gasteiger partial charge >= 0.3 is 12.1 Å². The Balaban J connectivity index is 3.89. The molecule has 5 heteroatoms. The van der Waals surface area contributed by atoms with Crippen LogP contribution in [0.3, 0.4) is 0 Å². The monoisotopic (exact) mass is 259 g/mol. The lowest BCUT2D eigenvalue weighted by atomic mass is 10.1. The third kappa shape index (κ3) is 9.93. The van der Waals surface area contributed by atoms with Gasteiger partial charge in [-0.15, -0.1) is 0 Å². The second-order valence-electron chi connectivity index (χ2n) is 5.23. The number of rotatable bonds is 6. The molecule has 0 fully saturated rings. The maximum atomic E-state index is 11.6. The molecule has 0 aromatic heterocycles. The number of hydrogen-bond donors (Lipinski definition) is 1. The molecule has 106 valence electrons. The van der Waals surface area contributed by atoms with Crippen molar-refractivity contribution in [3.63, 3.8) is 0 Å². The molecule has 0 aliphatic carbocycles. The molecule has 5 nitrogen and oxygen atoms in total. The van der Waals surface area contributed by atoms with E-state index in [1.807, 2.05) is 27.7 Å². The van der Waals surface area contributed by atoms with Gasteiger partial charge in [-0.25, -0.2) is 4.79 Å². The zero-order chi connectivity index (χ0) is 14.2. The van der Waals surface area contributed by atoms with Crippen LogP contribution in [-0.4, -0.2) is 30.3 Å². The second-order valence-corrected chi connectivity index (χ2v) is 5.23. The van der Waals surface area contributed by atoms with Crippen molar-refractivity contribution in [3.05, 3.63) is 0 Å². The molecular weight excluding hydrogens is 234 g/mol. The number of esters is 1. The van der Waals surface area contributed by atoms with Crippen LogP contribution in [0.1, 0.15) is 53.9 Å². The van der Waals surface area contributed by atoms with Crippen molar-refractivity contribution in [1.82, 2.24) is 5.32 Å². The zero-order valence-corrected chi connectivity index (χ0v) is 12.0. The van der Waals surface area contributed by atoms with E-state index in [2.05, 4.69) is 5.32 Å². The quantitative estimate of drug-likeness (QED) is 0.588. The van der Waals surface area contributed by atoms with E-state index >= 15 is 0 Å². The van der Waals surface area contributed by atoms with E-state index in [1.165, 1.54) is 6.92 Å². The van der Waals surface area contributed by atoms with E-state index in [-0.39, 0.29) is 12.0 Å². The van der Waals surface area contributed by atoms with E-state index in [9.17, 15) is 9.59 Å². The Bertz CT molecular complexity index is 271. The molecule has 1 unspecified atom stereocenters. The van der Waals surface area contributed by atoms with E-state index in [4.69, 9.17) is 9.47 Å². The topological polar surface area (TPSA) is 64.6 Å². The number of carbonyl (C=O) groups is 2. The third-order valence-electron chi connectivity index (χ3n) is 2.22. The highest BCUT2D eigenvalue weighted by molar-refractivity contribution is 5.68. The number of alkyl carbamates (subject to hydrolysis) is 1. The normalized spacial score (nSPS) is 12.7. The lowest BCUT2D eigenvalue weighted by Gasteiger charge is -2.23. The predicted octanol–water partition coefficient (Wildman–Crippen LogP) is 2.63. The first-order valence-electron chi connectivity index (χ1n) is 6.37. The van der Waals surface area contributed by atoms with Crippen LogP contribution in [0.5, 0.6) is 0 Å². The number of amides is 1. The van der Waals surface area contributed by atoms with Gasteiger partial charge in [-0.3, -0.25) is 4.79 Å². The first-order chi connectivity index (χ1) is 8.24. The molecule has 0 spiro atoms. The van der Waals surface area contributed by atoms with Gasteiger partial charge in [0, 0.05) is 13.0 Å². The summed E-state index contributed by atoms with van der Waals surface area (Å²) in [4.78, 5) is 22.1. The van der Waals surface area contributed by atoms with Crippen LogP contribution in [0, 0.1) is 0 Å². The number of hydrogen-bond acceptors (Lipinski definition) is 4. The summed E-state index contributed by atoms with van der Waals surface area (Å²) in [5, 5.41) is 2.81. The molecule has 0 aliphatic heterocycles. The maximum Gasteiger partial charge on any atom is 0.407 e. The fraction of sp³-hybridized carbons (Fsp3) is 0.846. The minimum atomic E-state index is -0.486. The zero-order valence-electron chi connectivity index (χ0n) is 12.0. The summed E-state index contributed by atoms with van der Waals surface area (Å²) in [6.45, 7) is 9.25. The molecule has 0 saturated heterocycles. The largest absolute Gasteiger partial charge is 0.466 e. The van der Waals surface area contributed by atoms with Crippen LogP contribution in [0.15, 0.2) is 0 Å².